The first-order chi connectivity index (χ1) is 17.4. The number of rotatable bonds is 0. The van der Waals surface area contributed by atoms with Gasteiger partial charge in [-0.05, 0) is 88.0 Å². The van der Waals surface area contributed by atoms with E-state index >= 15 is 0 Å². The standard InChI is InChI=1S/C31H25BO2S/c1-31(2,3)18-11-13-22-21(16-18)32-28-23(33-22)8-5-9-24(28)34-25-14-15-26-27(29(25)32)20-12-10-17-6-4-7-19(17)30(20)35-26/h5,8-16H,4,6-7H2,1-3H3/i5D. The van der Waals surface area contributed by atoms with Crippen molar-refractivity contribution in [1.82, 2.24) is 0 Å². The van der Waals surface area contributed by atoms with Gasteiger partial charge in [-0.1, -0.05) is 51.1 Å². The Morgan fingerprint density at radius 2 is 1.63 bits per heavy atom. The molecule has 3 heterocycles. The molecular formula is C31H25BO2S. The third kappa shape index (κ3) is 2.66. The molecule has 0 amide bonds. The van der Waals surface area contributed by atoms with Crippen molar-refractivity contribution in [2.75, 3.05) is 0 Å². The van der Waals surface area contributed by atoms with Crippen LogP contribution in [0.5, 0.6) is 23.0 Å². The number of fused-ring (bicyclic) bond motifs is 10. The van der Waals surface area contributed by atoms with Crippen molar-refractivity contribution in [3.05, 3.63) is 77.3 Å². The van der Waals surface area contributed by atoms with Gasteiger partial charge in [0.1, 0.15) is 23.0 Å². The van der Waals surface area contributed by atoms with Gasteiger partial charge in [0.25, 0.3) is 6.71 Å². The van der Waals surface area contributed by atoms with Crippen LogP contribution in [0.1, 0.15) is 45.3 Å². The number of hydrogen-bond acceptors (Lipinski definition) is 3. The molecule has 4 aromatic carbocycles. The van der Waals surface area contributed by atoms with Crippen molar-refractivity contribution in [3.8, 4) is 23.0 Å². The highest BCUT2D eigenvalue weighted by Crippen LogP contribution is 2.43. The van der Waals surface area contributed by atoms with Gasteiger partial charge in [0.15, 0.2) is 0 Å². The number of ether oxygens (including phenoxy) is 2. The summed E-state index contributed by atoms with van der Waals surface area (Å²) in [5.74, 6) is 3.25. The molecule has 4 heteroatoms. The van der Waals surface area contributed by atoms with Gasteiger partial charge >= 0.3 is 0 Å². The summed E-state index contributed by atoms with van der Waals surface area (Å²) in [5.41, 5.74) is 7.84. The van der Waals surface area contributed by atoms with Crippen LogP contribution in [0.25, 0.3) is 20.2 Å². The average molecular weight is 473 g/mol. The molecule has 170 valence electrons. The molecule has 35 heavy (non-hydrogen) atoms. The Morgan fingerprint density at radius 1 is 0.857 bits per heavy atom. The van der Waals surface area contributed by atoms with Crippen molar-refractivity contribution in [1.29, 1.82) is 0 Å². The van der Waals surface area contributed by atoms with E-state index in [9.17, 15) is 0 Å². The molecule has 0 atom stereocenters. The SMILES string of the molecule is [2H]c1cc2c3c(c1)Oc1ccc4sc5c6c(ccc5c4c1B3c1cc(C(C)(C)C)ccc1O2)CCC6. The zero-order chi connectivity index (χ0) is 24.3. The molecule has 0 bridgehead atoms. The molecule has 1 aromatic heterocycles. The molecular weight excluding hydrogens is 447 g/mol. The minimum absolute atomic E-state index is 0.000143. The quantitative estimate of drug-likeness (QED) is 0.232. The fourth-order valence-corrected chi connectivity index (χ4v) is 7.64. The van der Waals surface area contributed by atoms with Gasteiger partial charge in [0, 0.05) is 20.2 Å². The largest absolute Gasteiger partial charge is 0.458 e. The van der Waals surface area contributed by atoms with Crippen LogP contribution in [-0.4, -0.2) is 6.71 Å². The summed E-state index contributed by atoms with van der Waals surface area (Å²) in [6.45, 7) is 6.77. The molecule has 0 fully saturated rings. The van der Waals surface area contributed by atoms with E-state index in [4.69, 9.17) is 10.8 Å². The molecule has 1 aliphatic carbocycles. The molecule has 0 radical (unpaired) electrons. The number of hydrogen-bond donors (Lipinski definition) is 0. The predicted octanol–water partition coefficient (Wildman–Crippen LogP) is 6.57. The molecule has 0 saturated heterocycles. The van der Waals surface area contributed by atoms with Gasteiger partial charge in [-0.25, -0.2) is 0 Å². The lowest BCUT2D eigenvalue weighted by atomic mass is 9.34. The molecule has 8 rings (SSSR count). The number of benzene rings is 4. The van der Waals surface area contributed by atoms with Crippen molar-refractivity contribution in [2.45, 2.75) is 45.4 Å². The minimum Gasteiger partial charge on any atom is -0.458 e. The van der Waals surface area contributed by atoms with Crippen LogP contribution in [-0.2, 0) is 18.3 Å². The predicted molar refractivity (Wildman–Crippen MR) is 148 cm³/mol. The summed E-state index contributed by atoms with van der Waals surface area (Å²) >= 11 is 1.93. The Labute approximate surface area is 211 Å². The summed E-state index contributed by atoms with van der Waals surface area (Å²) in [5, 5.41) is 2.66. The Hall–Kier alpha value is -3.24. The van der Waals surface area contributed by atoms with Crippen LogP contribution < -0.4 is 25.9 Å². The molecule has 0 spiro atoms. The van der Waals surface area contributed by atoms with Crippen LogP contribution in [0, 0.1) is 0 Å². The lowest BCUT2D eigenvalue weighted by molar-refractivity contribution is 0.464. The van der Waals surface area contributed by atoms with Crippen LogP contribution >= 0.6 is 11.3 Å². The molecule has 3 aliphatic rings. The maximum Gasteiger partial charge on any atom is 0.261 e. The van der Waals surface area contributed by atoms with Gasteiger partial charge < -0.3 is 9.47 Å². The van der Waals surface area contributed by atoms with Crippen LogP contribution in [0.3, 0.4) is 0 Å². The second-order valence-electron chi connectivity index (χ2n) is 11.1. The van der Waals surface area contributed by atoms with Crippen molar-refractivity contribution in [3.63, 3.8) is 0 Å². The minimum atomic E-state index is 0.000143. The van der Waals surface area contributed by atoms with Crippen molar-refractivity contribution < 1.29 is 10.8 Å². The number of aryl methyl sites for hydroxylation is 2. The molecule has 5 aromatic rings. The molecule has 0 unspecified atom stereocenters. The average Bonchev–Trinajstić information content (AvgIpc) is 3.46. The van der Waals surface area contributed by atoms with Crippen LogP contribution in [0.2, 0.25) is 0 Å². The van der Waals surface area contributed by atoms with Gasteiger partial charge in [0.2, 0.25) is 0 Å². The van der Waals surface area contributed by atoms with E-state index in [2.05, 4.69) is 63.2 Å². The fraction of sp³-hybridized carbons (Fsp3) is 0.226. The highest BCUT2D eigenvalue weighted by Gasteiger charge is 2.42. The smallest absolute Gasteiger partial charge is 0.261 e. The lowest BCUT2D eigenvalue weighted by Gasteiger charge is -2.34. The monoisotopic (exact) mass is 473 g/mol. The molecule has 2 aliphatic heterocycles. The third-order valence-electron chi connectivity index (χ3n) is 8.04. The van der Waals surface area contributed by atoms with E-state index in [1.165, 1.54) is 61.5 Å². The van der Waals surface area contributed by atoms with E-state index in [1.807, 2.05) is 23.5 Å². The maximum absolute atomic E-state index is 8.38. The van der Waals surface area contributed by atoms with E-state index < -0.39 is 0 Å². The topological polar surface area (TPSA) is 18.5 Å². The molecule has 2 nitrogen and oxygen atoms in total. The summed E-state index contributed by atoms with van der Waals surface area (Å²) in [7, 11) is 0. The Kier molecular flexibility index (Phi) is 3.64. The second kappa shape index (κ2) is 6.70. The lowest BCUT2D eigenvalue weighted by Crippen LogP contribution is -2.57. The van der Waals surface area contributed by atoms with Crippen LogP contribution in [0.4, 0.5) is 0 Å². The maximum atomic E-state index is 8.38. The van der Waals surface area contributed by atoms with Gasteiger partial charge in [-0.3, -0.25) is 0 Å². The second-order valence-corrected chi connectivity index (χ2v) is 12.2. The zero-order valence-corrected chi connectivity index (χ0v) is 20.9. The Morgan fingerprint density at radius 3 is 2.46 bits per heavy atom. The highest BCUT2D eigenvalue weighted by molar-refractivity contribution is 7.26. The van der Waals surface area contributed by atoms with Crippen molar-refractivity contribution >= 4 is 54.6 Å². The summed E-state index contributed by atoms with van der Waals surface area (Å²) < 4.78 is 24.1. The number of thiophene rings is 1. The normalized spacial score (nSPS) is 15.7. The Balaban J connectivity index is 1.49. The molecule has 0 saturated carbocycles. The molecule has 0 N–H and O–H groups in total. The van der Waals surface area contributed by atoms with Crippen molar-refractivity contribution in [2.24, 2.45) is 0 Å². The van der Waals surface area contributed by atoms with Gasteiger partial charge in [-0.2, -0.15) is 0 Å². The van der Waals surface area contributed by atoms with E-state index in [0.717, 1.165) is 28.5 Å². The van der Waals surface area contributed by atoms with E-state index in [0.29, 0.717) is 6.04 Å². The highest BCUT2D eigenvalue weighted by atomic mass is 32.1. The van der Waals surface area contributed by atoms with E-state index in [1.54, 1.807) is 5.56 Å². The summed E-state index contributed by atoms with van der Waals surface area (Å²) in [4.78, 5) is 0. The fourth-order valence-electron chi connectivity index (χ4n) is 6.32. The summed E-state index contributed by atoms with van der Waals surface area (Å²) in [6, 6.07) is 19.7. The van der Waals surface area contributed by atoms with Gasteiger partial charge in [0.05, 0.1) is 1.37 Å². The van der Waals surface area contributed by atoms with E-state index in [-0.39, 0.29) is 12.1 Å². The first-order valence-corrected chi connectivity index (χ1v) is 13.3. The first kappa shape index (κ1) is 19.0. The zero-order valence-electron chi connectivity index (χ0n) is 21.1. The summed E-state index contributed by atoms with van der Waals surface area (Å²) in [6.07, 6.45) is 3.61. The first-order valence-electron chi connectivity index (χ1n) is 13.0. The third-order valence-corrected chi connectivity index (χ3v) is 9.27. The Bertz CT molecular complexity index is 1760. The van der Waals surface area contributed by atoms with Crippen LogP contribution in [0.15, 0.2) is 60.6 Å². The van der Waals surface area contributed by atoms with Gasteiger partial charge in [-0.15, -0.1) is 11.3 Å².